The maximum Gasteiger partial charge on any atom is 0.418 e. The van der Waals surface area contributed by atoms with E-state index in [-0.39, 0.29) is 11.4 Å². The van der Waals surface area contributed by atoms with Gasteiger partial charge in [0.05, 0.1) is 5.56 Å². The van der Waals surface area contributed by atoms with Gasteiger partial charge in [-0.05, 0) is 24.6 Å². The van der Waals surface area contributed by atoms with Crippen LogP contribution >= 0.6 is 46.4 Å². The van der Waals surface area contributed by atoms with Crippen LogP contribution < -0.4 is 10.6 Å². The molecule has 0 saturated heterocycles. The first-order valence-electron chi connectivity index (χ1n) is 6.44. The molecule has 0 aliphatic carbocycles. The highest BCUT2D eigenvalue weighted by Crippen LogP contribution is 2.38. The largest absolute Gasteiger partial charge is 0.418 e. The summed E-state index contributed by atoms with van der Waals surface area (Å²) in [5, 5.41) is 4.80. The van der Waals surface area contributed by atoms with E-state index in [1.54, 1.807) is 6.92 Å². The van der Waals surface area contributed by atoms with E-state index in [9.17, 15) is 18.0 Å². The minimum absolute atomic E-state index is 0.0588. The molecule has 0 saturated carbocycles. The van der Waals surface area contributed by atoms with Crippen LogP contribution in [0.3, 0.4) is 0 Å². The number of anilines is 1. The zero-order valence-electron chi connectivity index (χ0n) is 11.8. The van der Waals surface area contributed by atoms with Crippen LogP contribution in [0.15, 0.2) is 18.2 Å². The molecule has 1 aromatic rings. The summed E-state index contributed by atoms with van der Waals surface area (Å²) in [6.45, 7) is 1.76. The smallest absolute Gasteiger partial charge is 0.361 e. The number of carbonyl (C=O) groups is 1. The van der Waals surface area contributed by atoms with Gasteiger partial charge in [0.15, 0.2) is 0 Å². The molecule has 0 aliphatic rings. The summed E-state index contributed by atoms with van der Waals surface area (Å²) in [5.41, 5.74) is -1.40. The Morgan fingerprint density at radius 2 is 1.87 bits per heavy atom. The molecule has 2 N–H and O–H groups in total. The molecular formula is C13H13Cl4F3N2O. The van der Waals surface area contributed by atoms with Crippen molar-refractivity contribution in [3.8, 4) is 0 Å². The molecule has 1 unspecified atom stereocenters. The van der Waals surface area contributed by atoms with Gasteiger partial charge in [-0.3, -0.25) is 4.79 Å². The molecular weight excluding hydrogens is 399 g/mol. The predicted octanol–water partition coefficient (Wildman–Crippen LogP) is 5.38. The van der Waals surface area contributed by atoms with Crippen molar-refractivity contribution in [3.63, 3.8) is 0 Å². The fraction of sp³-hybridized carbons (Fsp3) is 0.462. The van der Waals surface area contributed by atoms with Crippen LogP contribution in [0.5, 0.6) is 0 Å². The van der Waals surface area contributed by atoms with Crippen molar-refractivity contribution in [1.82, 2.24) is 5.32 Å². The second-order valence-corrected chi connectivity index (χ2v) is 7.43. The highest BCUT2D eigenvalue weighted by molar-refractivity contribution is 6.68. The fourth-order valence-corrected chi connectivity index (χ4v) is 2.20. The van der Waals surface area contributed by atoms with Crippen molar-refractivity contribution in [2.75, 3.05) is 5.32 Å². The number of hydrogen-bond donors (Lipinski definition) is 2. The summed E-state index contributed by atoms with van der Waals surface area (Å²) < 4.78 is 37.0. The van der Waals surface area contributed by atoms with E-state index in [2.05, 4.69) is 10.6 Å². The van der Waals surface area contributed by atoms with E-state index in [0.29, 0.717) is 6.42 Å². The third kappa shape index (κ3) is 6.45. The summed E-state index contributed by atoms with van der Waals surface area (Å²) in [6.07, 6.45) is -5.34. The number of rotatable bonds is 5. The summed E-state index contributed by atoms with van der Waals surface area (Å²) in [5.74, 6) is -0.466. The Hall–Kier alpha value is -0.560. The lowest BCUT2D eigenvalue weighted by atomic mass is 10.1. The lowest BCUT2D eigenvalue weighted by Gasteiger charge is -2.28. The van der Waals surface area contributed by atoms with Crippen LogP contribution in [0.1, 0.15) is 25.3 Å². The summed E-state index contributed by atoms with van der Waals surface area (Å²) in [7, 11) is 0. The SMILES string of the molecule is CCCC(=O)NC(Nc1cc(Cl)ccc1C(F)(F)F)C(Cl)(Cl)Cl. The van der Waals surface area contributed by atoms with Crippen molar-refractivity contribution >= 4 is 58.0 Å². The zero-order chi connectivity index (χ0) is 17.8. The standard InChI is InChI=1S/C13H13Cl4F3N2O/c1-2-3-10(23)22-11(12(15,16)17)21-9-6-7(14)4-5-8(9)13(18,19)20/h4-6,11,21H,2-3H2,1H3,(H,22,23). The number of carbonyl (C=O) groups excluding carboxylic acids is 1. The molecule has 0 fully saturated rings. The minimum Gasteiger partial charge on any atom is -0.361 e. The Balaban J connectivity index is 3.13. The molecule has 10 heteroatoms. The third-order valence-corrected chi connectivity index (χ3v) is 3.59. The highest BCUT2D eigenvalue weighted by Gasteiger charge is 2.38. The topological polar surface area (TPSA) is 41.1 Å². The van der Waals surface area contributed by atoms with Crippen molar-refractivity contribution in [1.29, 1.82) is 0 Å². The van der Waals surface area contributed by atoms with Crippen LogP contribution in [0.2, 0.25) is 5.02 Å². The van der Waals surface area contributed by atoms with Gasteiger partial charge in [0.25, 0.3) is 0 Å². The van der Waals surface area contributed by atoms with E-state index >= 15 is 0 Å². The van der Waals surface area contributed by atoms with Crippen molar-refractivity contribution in [2.45, 2.75) is 35.9 Å². The average molecular weight is 412 g/mol. The lowest BCUT2D eigenvalue weighted by molar-refractivity contribution is -0.137. The maximum atomic E-state index is 13.0. The molecule has 1 amide bonds. The average Bonchev–Trinajstić information content (AvgIpc) is 2.35. The number of alkyl halides is 6. The van der Waals surface area contributed by atoms with Gasteiger partial charge >= 0.3 is 6.18 Å². The Morgan fingerprint density at radius 1 is 1.26 bits per heavy atom. The summed E-state index contributed by atoms with van der Waals surface area (Å²) in [4.78, 5) is 11.7. The monoisotopic (exact) mass is 410 g/mol. The Bertz CT molecular complexity index is 561. The van der Waals surface area contributed by atoms with E-state index in [0.717, 1.165) is 18.2 Å². The first-order valence-corrected chi connectivity index (χ1v) is 7.95. The van der Waals surface area contributed by atoms with Gasteiger partial charge in [-0.2, -0.15) is 13.2 Å². The lowest BCUT2D eigenvalue weighted by Crippen LogP contribution is -2.49. The maximum absolute atomic E-state index is 13.0. The zero-order valence-corrected chi connectivity index (χ0v) is 14.8. The molecule has 23 heavy (non-hydrogen) atoms. The molecule has 0 aromatic heterocycles. The van der Waals surface area contributed by atoms with E-state index in [1.165, 1.54) is 0 Å². The molecule has 0 bridgehead atoms. The third-order valence-electron chi connectivity index (χ3n) is 2.70. The van der Waals surface area contributed by atoms with Crippen molar-refractivity contribution in [2.24, 2.45) is 0 Å². The fourth-order valence-electron chi connectivity index (χ4n) is 1.70. The number of nitrogens with one attached hydrogen (secondary N) is 2. The van der Waals surface area contributed by atoms with Crippen LogP contribution in [0.25, 0.3) is 0 Å². The van der Waals surface area contributed by atoms with Gasteiger partial charge in [0, 0.05) is 17.1 Å². The molecule has 0 heterocycles. The normalized spacial score (nSPS) is 13.6. The van der Waals surface area contributed by atoms with Crippen LogP contribution in [-0.4, -0.2) is 15.9 Å². The number of benzene rings is 1. The summed E-state index contributed by atoms with van der Waals surface area (Å²) in [6, 6.07) is 2.93. The minimum atomic E-state index is -4.64. The van der Waals surface area contributed by atoms with E-state index in [1.807, 2.05) is 0 Å². The quantitative estimate of drug-likeness (QED) is 0.504. The Kier molecular flexibility index (Phi) is 7.13. The second-order valence-electron chi connectivity index (χ2n) is 4.62. The molecule has 1 atom stereocenters. The van der Waals surface area contributed by atoms with Gasteiger partial charge < -0.3 is 10.6 Å². The molecule has 1 rings (SSSR count). The van der Waals surface area contributed by atoms with Gasteiger partial charge in [0.2, 0.25) is 9.70 Å². The molecule has 3 nitrogen and oxygen atoms in total. The van der Waals surface area contributed by atoms with Gasteiger partial charge in [-0.1, -0.05) is 53.3 Å². The highest BCUT2D eigenvalue weighted by atomic mass is 35.6. The first-order chi connectivity index (χ1) is 10.4. The molecule has 0 radical (unpaired) electrons. The van der Waals surface area contributed by atoms with Crippen LogP contribution in [0, 0.1) is 0 Å². The Labute approximate surface area is 151 Å². The molecule has 0 aliphatic heterocycles. The van der Waals surface area contributed by atoms with Gasteiger partial charge in [0.1, 0.15) is 6.17 Å². The number of hydrogen-bond acceptors (Lipinski definition) is 2. The molecule has 0 spiro atoms. The van der Waals surface area contributed by atoms with E-state index < -0.39 is 33.3 Å². The first kappa shape index (κ1) is 20.5. The molecule has 130 valence electrons. The molecule has 1 aromatic carbocycles. The van der Waals surface area contributed by atoms with Gasteiger partial charge in [-0.25, -0.2) is 0 Å². The van der Waals surface area contributed by atoms with Crippen LogP contribution in [0.4, 0.5) is 18.9 Å². The van der Waals surface area contributed by atoms with Crippen molar-refractivity contribution < 1.29 is 18.0 Å². The van der Waals surface area contributed by atoms with Crippen LogP contribution in [-0.2, 0) is 11.0 Å². The second kappa shape index (κ2) is 8.01. The predicted molar refractivity (Wildman–Crippen MR) is 87.2 cm³/mol. The van der Waals surface area contributed by atoms with Gasteiger partial charge in [-0.15, -0.1) is 0 Å². The van der Waals surface area contributed by atoms with E-state index in [4.69, 9.17) is 46.4 Å². The Morgan fingerprint density at radius 3 is 2.35 bits per heavy atom. The van der Waals surface area contributed by atoms with Crippen molar-refractivity contribution in [3.05, 3.63) is 28.8 Å². The summed E-state index contributed by atoms with van der Waals surface area (Å²) >= 11 is 22.9. The number of halogens is 7. The number of amides is 1.